The van der Waals surface area contributed by atoms with Crippen LogP contribution in [-0.2, 0) is 4.74 Å². The third-order valence-corrected chi connectivity index (χ3v) is 3.88. The maximum atomic E-state index is 9.29. The lowest BCUT2D eigenvalue weighted by Crippen LogP contribution is -2.36. The molecule has 3 nitrogen and oxygen atoms in total. The van der Waals surface area contributed by atoms with Crippen molar-refractivity contribution < 1.29 is 9.84 Å². The molecule has 2 atom stereocenters. The number of hydrogen-bond acceptors (Lipinski definition) is 3. The van der Waals surface area contributed by atoms with Gasteiger partial charge in [0.05, 0.1) is 6.10 Å². The minimum Gasteiger partial charge on any atom is -0.396 e. The van der Waals surface area contributed by atoms with Crippen LogP contribution in [0, 0.1) is 0 Å². The van der Waals surface area contributed by atoms with Gasteiger partial charge < -0.3 is 9.84 Å². The number of benzene rings is 1. The highest BCUT2D eigenvalue weighted by Gasteiger charge is 2.21. The molecule has 1 saturated heterocycles. The van der Waals surface area contributed by atoms with Crippen molar-refractivity contribution in [3.8, 4) is 0 Å². The smallest absolute Gasteiger partial charge is 0.0702 e. The molecule has 1 fully saturated rings. The molecule has 1 heterocycles. The van der Waals surface area contributed by atoms with E-state index in [4.69, 9.17) is 4.74 Å². The summed E-state index contributed by atoms with van der Waals surface area (Å²) in [6, 6.07) is 10.7. The van der Waals surface area contributed by atoms with Gasteiger partial charge in [-0.15, -0.1) is 0 Å². The van der Waals surface area contributed by atoms with E-state index in [9.17, 15) is 5.11 Å². The van der Waals surface area contributed by atoms with Gasteiger partial charge in [-0.05, 0) is 38.3 Å². The Morgan fingerprint density at radius 3 is 2.74 bits per heavy atom. The molecule has 1 aliphatic heterocycles. The molecule has 1 aromatic carbocycles. The van der Waals surface area contributed by atoms with Gasteiger partial charge in [0.25, 0.3) is 0 Å². The molecular weight excluding hydrogens is 238 g/mol. The summed E-state index contributed by atoms with van der Waals surface area (Å²) < 4.78 is 5.81. The minimum absolute atomic E-state index is 0.218. The Hall–Kier alpha value is -0.900. The number of likely N-dealkylation sites (N-methyl/N-ethyl adjacent to an activating group) is 1. The lowest BCUT2D eigenvalue weighted by molar-refractivity contribution is -0.0101. The topological polar surface area (TPSA) is 32.7 Å². The molecule has 1 aliphatic rings. The number of aliphatic hydroxyl groups is 1. The van der Waals surface area contributed by atoms with Gasteiger partial charge in [-0.2, -0.15) is 0 Å². The maximum absolute atomic E-state index is 9.29. The van der Waals surface area contributed by atoms with Crippen LogP contribution in [0.2, 0.25) is 0 Å². The standard InChI is InChI=1S/C16H25NO2/c1-17(13-15-9-5-6-12-19-15)16(10-11-18)14-7-3-2-4-8-14/h2-4,7-8,15-16,18H,5-6,9-13H2,1H3/t15-,16-/m1/s1. The average Bonchev–Trinajstić information content (AvgIpc) is 2.46. The number of aliphatic hydroxyl groups excluding tert-OH is 1. The Morgan fingerprint density at radius 1 is 1.32 bits per heavy atom. The predicted molar refractivity (Wildman–Crippen MR) is 77.1 cm³/mol. The third-order valence-electron chi connectivity index (χ3n) is 3.88. The van der Waals surface area contributed by atoms with E-state index in [1.165, 1.54) is 18.4 Å². The normalized spacial score (nSPS) is 21.5. The number of nitrogens with zero attached hydrogens (tertiary/aromatic N) is 1. The van der Waals surface area contributed by atoms with Crippen LogP contribution in [0.3, 0.4) is 0 Å². The quantitative estimate of drug-likeness (QED) is 0.856. The first-order chi connectivity index (χ1) is 9.31. The second-order valence-corrected chi connectivity index (χ2v) is 5.37. The summed E-state index contributed by atoms with van der Waals surface area (Å²) in [5.74, 6) is 0. The van der Waals surface area contributed by atoms with Crippen molar-refractivity contribution in [2.75, 3.05) is 26.8 Å². The molecule has 0 amide bonds. The van der Waals surface area contributed by atoms with Crippen molar-refractivity contribution in [2.45, 2.75) is 37.8 Å². The van der Waals surface area contributed by atoms with Gasteiger partial charge in [-0.25, -0.2) is 0 Å². The van der Waals surface area contributed by atoms with Gasteiger partial charge in [-0.3, -0.25) is 4.90 Å². The van der Waals surface area contributed by atoms with E-state index >= 15 is 0 Å². The van der Waals surface area contributed by atoms with Gasteiger partial charge in [-0.1, -0.05) is 30.3 Å². The average molecular weight is 263 g/mol. The molecule has 3 heteroatoms. The van der Waals surface area contributed by atoms with Crippen LogP contribution < -0.4 is 0 Å². The first-order valence-corrected chi connectivity index (χ1v) is 7.29. The van der Waals surface area contributed by atoms with Crippen molar-refractivity contribution in [3.05, 3.63) is 35.9 Å². The van der Waals surface area contributed by atoms with Crippen LogP contribution in [0.1, 0.15) is 37.3 Å². The van der Waals surface area contributed by atoms with E-state index in [2.05, 4.69) is 36.2 Å². The van der Waals surface area contributed by atoms with E-state index < -0.39 is 0 Å². The van der Waals surface area contributed by atoms with Gasteiger partial charge in [0.2, 0.25) is 0 Å². The summed E-state index contributed by atoms with van der Waals surface area (Å²) in [4.78, 5) is 2.32. The van der Waals surface area contributed by atoms with Gasteiger partial charge in [0.1, 0.15) is 0 Å². The van der Waals surface area contributed by atoms with E-state index in [0.29, 0.717) is 6.10 Å². The SMILES string of the molecule is CN(C[C@H]1CCCCO1)[C@H](CCO)c1ccccc1. The van der Waals surface area contributed by atoms with E-state index in [1.807, 2.05) is 6.07 Å². The van der Waals surface area contributed by atoms with Gasteiger partial charge in [0.15, 0.2) is 0 Å². The molecule has 106 valence electrons. The molecular formula is C16H25NO2. The molecule has 1 N–H and O–H groups in total. The Kier molecular flexibility index (Phi) is 5.83. The molecule has 0 radical (unpaired) electrons. The fourth-order valence-electron chi connectivity index (χ4n) is 2.84. The third kappa shape index (κ3) is 4.30. The molecule has 1 aromatic rings. The van der Waals surface area contributed by atoms with Crippen molar-refractivity contribution in [3.63, 3.8) is 0 Å². The number of ether oxygens (including phenoxy) is 1. The molecule has 0 bridgehead atoms. The minimum atomic E-state index is 0.218. The lowest BCUT2D eigenvalue weighted by Gasteiger charge is -2.33. The Morgan fingerprint density at radius 2 is 2.11 bits per heavy atom. The predicted octanol–water partition coefficient (Wildman–Crippen LogP) is 2.61. The van der Waals surface area contributed by atoms with Crippen LogP contribution >= 0.6 is 0 Å². The molecule has 0 aromatic heterocycles. The van der Waals surface area contributed by atoms with Crippen LogP contribution in [0.5, 0.6) is 0 Å². The molecule has 0 aliphatic carbocycles. The van der Waals surface area contributed by atoms with Crippen LogP contribution in [-0.4, -0.2) is 42.9 Å². The second kappa shape index (κ2) is 7.63. The number of hydrogen-bond donors (Lipinski definition) is 1. The Balaban J connectivity index is 1.97. The number of rotatable bonds is 6. The molecule has 2 rings (SSSR count). The highest BCUT2D eigenvalue weighted by Crippen LogP contribution is 2.24. The fourth-order valence-corrected chi connectivity index (χ4v) is 2.84. The van der Waals surface area contributed by atoms with E-state index in [1.54, 1.807) is 0 Å². The van der Waals surface area contributed by atoms with Crippen molar-refractivity contribution in [1.29, 1.82) is 0 Å². The van der Waals surface area contributed by atoms with E-state index in [0.717, 1.165) is 26.0 Å². The summed E-state index contributed by atoms with van der Waals surface area (Å²) in [6.07, 6.45) is 4.75. The Bertz CT molecular complexity index is 349. The zero-order valence-electron chi connectivity index (χ0n) is 11.8. The second-order valence-electron chi connectivity index (χ2n) is 5.37. The fraction of sp³-hybridized carbons (Fsp3) is 0.625. The maximum Gasteiger partial charge on any atom is 0.0702 e. The van der Waals surface area contributed by atoms with Gasteiger partial charge in [0, 0.05) is 25.8 Å². The molecule has 0 spiro atoms. The summed E-state index contributed by atoms with van der Waals surface area (Å²) in [5.41, 5.74) is 1.27. The lowest BCUT2D eigenvalue weighted by atomic mass is 10.0. The van der Waals surface area contributed by atoms with Crippen LogP contribution in [0.4, 0.5) is 0 Å². The monoisotopic (exact) mass is 263 g/mol. The van der Waals surface area contributed by atoms with Crippen LogP contribution in [0.15, 0.2) is 30.3 Å². The summed E-state index contributed by atoms with van der Waals surface area (Å²) in [5, 5.41) is 9.29. The zero-order valence-corrected chi connectivity index (χ0v) is 11.8. The highest BCUT2D eigenvalue weighted by atomic mass is 16.5. The summed E-state index contributed by atoms with van der Waals surface area (Å²) in [7, 11) is 2.13. The van der Waals surface area contributed by atoms with Crippen molar-refractivity contribution in [1.82, 2.24) is 4.90 Å². The van der Waals surface area contributed by atoms with Crippen LogP contribution in [0.25, 0.3) is 0 Å². The van der Waals surface area contributed by atoms with Crippen molar-refractivity contribution >= 4 is 0 Å². The molecule has 0 saturated carbocycles. The van der Waals surface area contributed by atoms with Crippen molar-refractivity contribution in [2.24, 2.45) is 0 Å². The summed E-state index contributed by atoms with van der Waals surface area (Å²) in [6.45, 7) is 2.06. The Labute approximate surface area is 116 Å². The largest absolute Gasteiger partial charge is 0.396 e. The van der Waals surface area contributed by atoms with E-state index in [-0.39, 0.29) is 12.6 Å². The first-order valence-electron chi connectivity index (χ1n) is 7.29. The first kappa shape index (κ1) is 14.5. The summed E-state index contributed by atoms with van der Waals surface area (Å²) >= 11 is 0. The molecule has 19 heavy (non-hydrogen) atoms. The van der Waals surface area contributed by atoms with Gasteiger partial charge >= 0.3 is 0 Å². The highest BCUT2D eigenvalue weighted by molar-refractivity contribution is 5.19. The molecule has 0 unspecified atom stereocenters. The zero-order chi connectivity index (χ0) is 13.5.